The second-order valence-electron chi connectivity index (χ2n) is 1.31. The van der Waals surface area contributed by atoms with Crippen LogP contribution in [0.4, 0.5) is 0 Å². The normalized spacial score (nSPS) is 5.56. The molecule has 0 rings (SSSR count). The van der Waals surface area contributed by atoms with Gasteiger partial charge in [0.05, 0.1) is 0 Å². The molecule has 0 aromatic rings. The van der Waals surface area contributed by atoms with Crippen LogP contribution in [0.15, 0.2) is 12.7 Å². The first-order chi connectivity index (χ1) is 3.68. The van der Waals surface area contributed by atoms with Crippen LogP contribution in [0, 0.1) is 0 Å². The van der Waals surface area contributed by atoms with E-state index in [0.717, 1.165) is 6.08 Å². The van der Waals surface area contributed by atoms with Gasteiger partial charge in [0.15, 0.2) is 0 Å². The minimum atomic E-state index is -0.481. The van der Waals surface area contributed by atoms with Crippen LogP contribution in [0.5, 0.6) is 0 Å². The Morgan fingerprint density at radius 2 is 1.89 bits per heavy atom. The summed E-state index contributed by atoms with van der Waals surface area (Å²) in [6.07, 6.45) is 2.31. The van der Waals surface area contributed by atoms with Gasteiger partial charge in [-0.15, -0.1) is 0 Å². The van der Waals surface area contributed by atoms with Gasteiger partial charge >= 0.3 is 29.6 Å². The van der Waals surface area contributed by atoms with Crippen LogP contribution in [-0.4, -0.2) is 5.91 Å². The van der Waals surface area contributed by atoms with Crippen molar-refractivity contribution in [2.45, 2.75) is 20.3 Å². The fourth-order valence-electron chi connectivity index (χ4n) is 0. The third-order valence-corrected chi connectivity index (χ3v) is 0.201. The molecule has 0 unspecified atom stereocenters. The van der Waals surface area contributed by atoms with Gasteiger partial charge in [0.25, 0.3) is 0 Å². The summed E-state index contributed by atoms with van der Waals surface area (Å²) in [4.78, 5) is 9.47. The number of hydrogen-bond donors (Lipinski definition) is 1. The molecule has 2 nitrogen and oxygen atoms in total. The minimum Gasteiger partial charge on any atom is -1.00 e. The van der Waals surface area contributed by atoms with Gasteiger partial charge in [-0.05, 0) is 6.08 Å². The van der Waals surface area contributed by atoms with Crippen LogP contribution < -0.4 is 35.3 Å². The molecule has 3 heteroatoms. The molecule has 0 saturated carbocycles. The first-order valence-electron chi connectivity index (χ1n) is 2.60. The van der Waals surface area contributed by atoms with E-state index in [1.54, 1.807) is 0 Å². The zero-order valence-corrected chi connectivity index (χ0v) is 8.48. The number of primary amides is 1. The Morgan fingerprint density at radius 1 is 1.78 bits per heavy atom. The van der Waals surface area contributed by atoms with Crippen LogP contribution in [0.1, 0.15) is 21.7 Å². The second kappa shape index (κ2) is 15.7. The Morgan fingerprint density at radius 3 is 1.89 bits per heavy atom. The Hall–Kier alpha value is 0.210. The van der Waals surface area contributed by atoms with Crippen molar-refractivity contribution in [2.75, 3.05) is 0 Å². The van der Waals surface area contributed by atoms with Crippen LogP contribution in [-0.2, 0) is 4.79 Å². The van der Waals surface area contributed by atoms with E-state index >= 15 is 0 Å². The molecule has 9 heavy (non-hydrogen) atoms. The monoisotopic (exact) mass is 139 g/mol. The molecular weight excluding hydrogens is 125 g/mol. The summed E-state index contributed by atoms with van der Waals surface area (Å²) in [5.41, 5.74) is 4.53. The Kier molecular flexibility index (Phi) is 28.1. The van der Waals surface area contributed by atoms with E-state index in [2.05, 4.69) is 26.2 Å². The molecule has 0 aliphatic heterocycles. The first kappa shape index (κ1) is 16.1. The van der Waals surface area contributed by atoms with Gasteiger partial charge in [-0.25, -0.2) is 0 Å². The van der Waals surface area contributed by atoms with Crippen molar-refractivity contribution >= 4 is 5.91 Å². The van der Waals surface area contributed by atoms with E-state index < -0.39 is 5.91 Å². The molecule has 50 valence electrons. The largest absolute Gasteiger partial charge is 1.00 e. The van der Waals surface area contributed by atoms with Gasteiger partial charge in [0.1, 0.15) is 0 Å². The number of carbonyl (C=O) groups excluding carboxylic acids is 1. The molecule has 0 bridgehead atoms. The Balaban J connectivity index is -0.0000000326. The fourth-order valence-corrected chi connectivity index (χ4v) is 0. The summed E-state index contributed by atoms with van der Waals surface area (Å²) in [7, 11) is 0. The van der Waals surface area contributed by atoms with Crippen molar-refractivity contribution in [3.8, 4) is 0 Å². The number of nitrogens with two attached hydrogens (primary N) is 1. The summed E-state index contributed by atoms with van der Waals surface area (Å²) in [5, 5.41) is 0. The summed E-state index contributed by atoms with van der Waals surface area (Å²) >= 11 is 0. The van der Waals surface area contributed by atoms with Crippen LogP contribution in [0.2, 0.25) is 0 Å². The molecule has 0 heterocycles. The summed E-state index contributed by atoms with van der Waals surface area (Å²) < 4.78 is 0. The maximum absolute atomic E-state index is 9.47. The molecule has 2 N–H and O–H groups in total. The number of rotatable bonds is 1. The zero-order chi connectivity index (χ0) is 6.99. The molecule has 0 saturated heterocycles. The van der Waals surface area contributed by atoms with Gasteiger partial charge in [-0.1, -0.05) is 26.8 Å². The SMILES string of the molecule is C=CC(N)=O.CCC.[H-].[Na+]. The van der Waals surface area contributed by atoms with E-state index in [1.807, 2.05) is 0 Å². The molecule has 0 aliphatic rings. The van der Waals surface area contributed by atoms with E-state index in [1.165, 1.54) is 6.42 Å². The predicted molar refractivity (Wildman–Crippen MR) is 36.5 cm³/mol. The van der Waals surface area contributed by atoms with Crippen LogP contribution >= 0.6 is 0 Å². The average Bonchev–Trinajstić information content (AvgIpc) is 1.69. The van der Waals surface area contributed by atoms with Gasteiger partial charge in [-0.2, -0.15) is 0 Å². The van der Waals surface area contributed by atoms with Crippen LogP contribution in [0.25, 0.3) is 0 Å². The van der Waals surface area contributed by atoms with E-state index in [9.17, 15) is 4.79 Å². The fraction of sp³-hybridized carbons (Fsp3) is 0.500. The molecule has 0 aliphatic carbocycles. The van der Waals surface area contributed by atoms with Gasteiger partial charge in [0, 0.05) is 0 Å². The summed E-state index contributed by atoms with van der Waals surface area (Å²) in [5.74, 6) is -0.481. The Bertz CT molecular complexity index is 78.1. The van der Waals surface area contributed by atoms with Crippen LogP contribution in [0.3, 0.4) is 0 Å². The molecular formula is C6H14NNaO. The van der Waals surface area contributed by atoms with Crippen molar-refractivity contribution in [3.63, 3.8) is 0 Å². The molecule has 0 aromatic heterocycles. The maximum Gasteiger partial charge on any atom is 1.00 e. The summed E-state index contributed by atoms with van der Waals surface area (Å²) in [6, 6.07) is 0. The van der Waals surface area contributed by atoms with E-state index in [0.29, 0.717) is 0 Å². The third kappa shape index (κ3) is 64.8. The number of hydrogen-bond acceptors (Lipinski definition) is 1. The van der Waals surface area contributed by atoms with Gasteiger partial charge in [-0.3, -0.25) is 4.79 Å². The predicted octanol–water partition coefficient (Wildman–Crippen LogP) is -1.81. The maximum atomic E-state index is 9.47. The molecule has 1 amide bonds. The van der Waals surface area contributed by atoms with Crippen molar-refractivity contribution in [1.29, 1.82) is 0 Å². The van der Waals surface area contributed by atoms with Crippen molar-refractivity contribution in [2.24, 2.45) is 5.73 Å². The van der Waals surface area contributed by atoms with Crippen molar-refractivity contribution in [1.82, 2.24) is 0 Å². The molecule has 0 fully saturated rings. The summed E-state index contributed by atoms with van der Waals surface area (Å²) in [6.45, 7) is 7.34. The molecule has 0 spiro atoms. The smallest absolute Gasteiger partial charge is 1.00 e. The molecule has 0 aromatic carbocycles. The van der Waals surface area contributed by atoms with Gasteiger partial charge < -0.3 is 7.16 Å². The van der Waals surface area contributed by atoms with E-state index in [4.69, 9.17) is 0 Å². The number of carbonyl (C=O) groups is 1. The quantitative estimate of drug-likeness (QED) is 0.338. The van der Waals surface area contributed by atoms with Gasteiger partial charge in [0.2, 0.25) is 5.91 Å². The van der Waals surface area contributed by atoms with Crippen molar-refractivity contribution in [3.05, 3.63) is 12.7 Å². The first-order valence-corrected chi connectivity index (χ1v) is 2.60. The molecule has 0 radical (unpaired) electrons. The topological polar surface area (TPSA) is 43.1 Å². The second-order valence-corrected chi connectivity index (χ2v) is 1.31. The third-order valence-electron chi connectivity index (χ3n) is 0.201. The number of amides is 1. The average molecular weight is 139 g/mol. The van der Waals surface area contributed by atoms with E-state index in [-0.39, 0.29) is 31.0 Å². The van der Waals surface area contributed by atoms with Crippen molar-refractivity contribution < 1.29 is 35.8 Å². The molecule has 0 atom stereocenters. The minimum absolute atomic E-state index is 0. The zero-order valence-electron chi connectivity index (χ0n) is 7.48. The standard InChI is InChI=1S/C3H5NO.C3H8.Na.H/c1-2-3(4)5;1-3-2;;/h2H,1H2,(H2,4,5);3H2,1-2H3;;/q;;+1;-1. The Labute approximate surface area is 80.3 Å².